The molecule has 0 aromatic heterocycles. The summed E-state index contributed by atoms with van der Waals surface area (Å²) in [6.07, 6.45) is 3.79. The van der Waals surface area contributed by atoms with Gasteiger partial charge in [-0.3, -0.25) is 4.79 Å². The third-order valence-electron chi connectivity index (χ3n) is 1.90. The predicted molar refractivity (Wildman–Crippen MR) is 45.9 cm³/mol. The highest BCUT2D eigenvalue weighted by Crippen LogP contribution is 2.09. The summed E-state index contributed by atoms with van der Waals surface area (Å²) in [6.45, 7) is 3.75. The third-order valence-corrected chi connectivity index (χ3v) is 1.90. The van der Waals surface area contributed by atoms with Crippen LogP contribution in [0.4, 0.5) is 0 Å². The van der Waals surface area contributed by atoms with Gasteiger partial charge in [0.05, 0.1) is 0 Å². The first-order valence-corrected chi connectivity index (χ1v) is 4.36. The third kappa shape index (κ3) is 4.11. The van der Waals surface area contributed by atoms with Crippen LogP contribution >= 0.6 is 0 Å². The Morgan fingerprint density at radius 3 is 2.33 bits per heavy atom. The van der Waals surface area contributed by atoms with Gasteiger partial charge in [0.25, 0.3) is 0 Å². The Balaban J connectivity index is 3.64. The first-order valence-electron chi connectivity index (χ1n) is 4.36. The summed E-state index contributed by atoms with van der Waals surface area (Å²) in [6, 6.07) is 0. The summed E-state index contributed by atoms with van der Waals surface area (Å²) >= 11 is 0. The van der Waals surface area contributed by atoms with Gasteiger partial charge in [-0.2, -0.15) is 0 Å². The lowest BCUT2D eigenvalue weighted by molar-refractivity contribution is -0.150. The van der Waals surface area contributed by atoms with E-state index >= 15 is 0 Å². The lowest BCUT2D eigenvalue weighted by Gasteiger charge is -2.05. The minimum absolute atomic E-state index is 0.325. The van der Waals surface area contributed by atoms with E-state index < -0.39 is 11.8 Å². The molecule has 0 bridgehead atoms. The number of carboxylic acids is 1. The standard InChI is InChI=1S/C9H16O3/c1-3-4-5-6-7(2)8(10)9(11)12/h7H,3-6H2,1-2H3,(H,11,12). The molecule has 1 atom stereocenters. The topological polar surface area (TPSA) is 54.4 Å². The van der Waals surface area contributed by atoms with Gasteiger partial charge in [0.15, 0.2) is 0 Å². The van der Waals surface area contributed by atoms with Crippen LogP contribution in [0.3, 0.4) is 0 Å². The summed E-state index contributed by atoms with van der Waals surface area (Å²) < 4.78 is 0. The van der Waals surface area contributed by atoms with Crippen molar-refractivity contribution in [2.75, 3.05) is 0 Å². The van der Waals surface area contributed by atoms with Gasteiger partial charge in [-0.05, 0) is 6.42 Å². The maximum absolute atomic E-state index is 10.8. The molecule has 0 heterocycles. The fourth-order valence-electron chi connectivity index (χ4n) is 1.04. The number of unbranched alkanes of at least 4 members (excludes halogenated alkanes) is 2. The molecule has 0 rings (SSSR count). The molecule has 0 fully saturated rings. The van der Waals surface area contributed by atoms with Crippen molar-refractivity contribution < 1.29 is 14.7 Å². The summed E-state index contributed by atoms with van der Waals surface area (Å²) in [5.74, 6) is -2.29. The van der Waals surface area contributed by atoms with Crippen LogP contribution in [0, 0.1) is 5.92 Å². The molecule has 0 aromatic carbocycles. The second-order valence-electron chi connectivity index (χ2n) is 3.07. The Morgan fingerprint density at radius 2 is 1.92 bits per heavy atom. The normalized spacial score (nSPS) is 12.5. The van der Waals surface area contributed by atoms with Gasteiger partial charge < -0.3 is 5.11 Å². The summed E-state index contributed by atoms with van der Waals surface area (Å²) in [4.78, 5) is 21.1. The van der Waals surface area contributed by atoms with Crippen molar-refractivity contribution in [3.05, 3.63) is 0 Å². The van der Waals surface area contributed by atoms with Gasteiger partial charge in [0, 0.05) is 5.92 Å². The van der Waals surface area contributed by atoms with Crippen molar-refractivity contribution in [3.8, 4) is 0 Å². The Labute approximate surface area is 72.8 Å². The maximum atomic E-state index is 10.8. The number of carbonyl (C=O) groups is 2. The highest BCUT2D eigenvalue weighted by molar-refractivity contribution is 6.33. The zero-order valence-electron chi connectivity index (χ0n) is 7.67. The zero-order chi connectivity index (χ0) is 9.56. The van der Waals surface area contributed by atoms with Crippen LogP contribution in [0.5, 0.6) is 0 Å². The van der Waals surface area contributed by atoms with Gasteiger partial charge >= 0.3 is 5.97 Å². The van der Waals surface area contributed by atoms with Crippen molar-refractivity contribution in [1.29, 1.82) is 0 Å². The summed E-state index contributed by atoms with van der Waals surface area (Å²) in [5.41, 5.74) is 0. The monoisotopic (exact) mass is 172 g/mol. The number of rotatable bonds is 6. The number of aliphatic carboxylic acids is 1. The first-order chi connectivity index (χ1) is 5.59. The summed E-state index contributed by atoms with van der Waals surface area (Å²) in [5, 5.41) is 8.36. The first kappa shape index (κ1) is 11.1. The molecule has 3 nitrogen and oxygen atoms in total. The van der Waals surface area contributed by atoms with Crippen LogP contribution in [0.1, 0.15) is 39.5 Å². The average Bonchev–Trinajstić information content (AvgIpc) is 2.03. The van der Waals surface area contributed by atoms with Crippen molar-refractivity contribution >= 4 is 11.8 Å². The Bertz CT molecular complexity index is 163. The Kier molecular flexibility index (Phi) is 5.34. The molecule has 0 saturated carbocycles. The predicted octanol–water partition coefficient (Wildman–Crippen LogP) is 1.86. The second-order valence-corrected chi connectivity index (χ2v) is 3.07. The fourth-order valence-corrected chi connectivity index (χ4v) is 1.04. The molecule has 3 heteroatoms. The van der Waals surface area contributed by atoms with Crippen molar-refractivity contribution in [2.24, 2.45) is 5.92 Å². The van der Waals surface area contributed by atoms with E-state index in [-0.39, 0.29) is 5.92 Å². The van der Waals surface area contributed by atoms with Crippen LogP contribution in [0.15, 0.2) is 0 Å². The number of ketones is 1. The SMILES string of the molecule is CCCCCC(C)C(=O)C(=O)O. The molecule has 0 aliphatic rings. The highest BCUT2D eigenvalue weighted by Gasteiger charge is 2.19. The Morgan fingerprint density at radius 1 is 1.33 bits per heavy atom. The van der Waals surface area contributed by atoms with E-state index in [4.69, 9.17) is 5.11 Å². The molecular formula is C9H16O3. The number of carboxylic acid groups (broad SMARTS) is 1. The second kappa shape index (κ2) is 5.75. The number of Topliss-reactive ketones (excluding diaryl/α,β-unsaturated/α-hetero) is 1. The van der Waals surface area contributed by atoms with Crippen molar-refractivity contribution in [3.63, 3.8) is 0 Å². The zero-order valence-corrected chi connectivity index (χ0v) is 7.67. The molecule has 1 unspecified atom stereocenters. The minimum atomic E-state index is -1.31. The van der Waals surface area contributed by atoms with E-state index in [1.54, 1.807) is 6.92 Å². The van der Waals surface area contributed by atoms with Gasteiger partial charge in [-0.1, -0.05) is 33.1 Å². The van der Waals surface area contributed by atoms with E-state index in [0.29, 0.717) is 6.42 Å². The number of hydrogen-bond donors (Lipinski definition) is 1. The minimum Gasteiger partial charge on any atom is -0.475 e. The quantitative estimate of drug-likeness (QED) is 0.491. The van der Waals surface area contributed by atoms with E-state index in [1.807, 2.05) is 0 Å². The van der Waals surface area contributed by atoms with Crippen LogP contribution in [0.25, 0.3) is 0 Å². The molecule has 1 N–H and O–H groups in total. The number of carbonyl (C=O) groups excluding carboxylic acids is 1. The van der Waals surface area contributed by atoms with E-state index in [1.165, 1.54) is 0 Å². The summed E-state index contributed by atoms with van der Waals surface area (Å²) in [7, 11) is 0. The highest BCUT2D eigenvalue weighted by atomic mass is 16.4. The smallest absolute Gasteiger partial charge is 0.372 e. The molecule has 0 radical (unpaired) electrons. The van der Waals surface area contributed by atoms with E-state index in [0.717, 1.165) is 19.3 Å². The van der Waals surface area contributed by atoms with Crippen LogP contribution in [0.2, 0.25) is 0 Å². The molecule has 0 aliphatic carbocycles. The molecule has 0 saturated heterocycles. The largest absolute Gasteiger partial charge is 0.475 e. The number of hydrogen-bond acceptors (Lipinski definition) is 2. The Hall–Kier alpha value is -0.860. The van der Waals surface area contributed by atoms with Gasteiger partial charge in [-0.25, -0.2) is 4.79 Å². The van der Waals surface area contributed by atoms with E-state index in [2.05, 4.69) is 6.92 Å². The van der Waals surface area contributed by atoms with Crippen molar-refractivity contribution in [1.82, 2.24) is 0 Å². The molecule has 0 spiro atoms. The lowest BCUT2D eigenvalue weighted by atomic mass is 9.99. The maximum Gasteiger partial charge on any atom is 0.372 e. The van der Waals surface area contributed by atoms with Crippen molar-refractivity contribution in [2.45, 2.75) is 39.5 Å². The van der Waals surface area contributed by atoms with Gasteiger partial charge in [0.2, 0.25) is 5.78 Å². The lowest BCUT2D eigenvalue weighted by Crippen LogP contribution is -2.20. The van der Waals surface area contributed by atoms with E-state index in [9.17, 15) is 9.59 Å². The molecule has 12 heavy (non-hydrogen) atoms. The van der Waals surface area contributed by atoms with Crippen LogP contribution < -0.4 is 0 Å². The molecule has 70 valence electrons. The molecule has 0 aliphatic heterocycles. The van der Waals surface area contributed by atoms with Gasteiger partial charge in [-0.15, -0.1) is 0 Å². The molecule has 0 aromatic rings. The molecular weight excluding hydrogens is 156 g/mol. The fraction of sp³-hybridized carbons (Fsp3) is 0.778. The van der Waals surface area contributed by atoms with Crippen LogP contribution in [-0.4, -0.2) is 16.9 Å². The van der Waals surface area contributed by atoms with Crippen LogP contribution in [-0.2, 0) is 9.59 Å². The average molecular weight is 172 g/mol. The van der Waals surface area contributed by atoms with Gasteiger partial charge in [0.1, 0.15) is 0 Å². The molecule has 0 amide bonds.